The summed E-state index contributed by atoms with van der Waals surface area (Å²) in [4.78, 5) is 25.1. The first kappa shape index (κ1) is 17.2. The van der Waals surface area contributed by atoms with Gasteiger partial charge in [-0.3, -0.25) is 4.79 Å². The van der Waals surface area contributed by atoms with Gasteiger partial charge in [-0.1, -0.05) is 42.5 Å². The molecule has 0 radical (unpaired) electrons. The number of para-hydroxylation sites is 2. The van der Waals surface area contributed by atoms with Gasteiger partial charge in [0, 0.05) is 23.9 Å². The van der Waals surface area contributed by atoms with E-state index >= 15 is 0 Å². The summed E-state index contributed by atoms with van der Waals surface area (Å²) in [6.07, 6.45) is 1.89. The van der Waals surface area contributed by atoms with Crippen LogP contribution in [0.3, 0.4) is 0 Å². The van der Waals surface area contributed by atoms with Gasteiger partial charge in [-0.25, -0.2) is 4.98 Å². The average Bonchev–Trinajstić information content (AvgIpc) is 3.41. The molecule has 5 rings (SSSR count). The summed E-state index contributed by atoms with van der Waals surface area (Å²) >= 11 is 1.58. The van der Waals surface area contributed by atoms with E-state index in [2.05, 4.69) is 23.2 Å². The minimum Gasteiger partial charge on any atom is -0.342 e. The lowest BCUT2D eigenvalue weighted by Gasteiger charge is -2.30. The number of fused-ring (bicyclic) bond motifs is 1. The zero-order chi connectivity index (χ0) is 18.9. The van der Waals surface area contributed by atoms with Crippen molar-refractivity contribution in [3.8, 4) is 10.4 Å². The van der Waals surface area contributed by atoms with Crippen LogP contribution in [-0.2, 0) is 0 Å². The van der Waals surface area contributed by atoms with Gasteiger partial charge >= 0.3 is 0 Å². The van der Waals surface area contributed by atoms with Gasteiger partial charge in [-0.15, -0.1) is 11.3 Å². The fourth-order valence-electron chi connectivity index (χ4n) is 3.89. The van der Waals surface area contributed by atoms with Crippen LogP contribution in [0.25, 0.3) is 21.5 Å². The zero-order valence-electron chi connectivity index (χ0n) is 15.5. The van der Waals surface area contributed by atoms with E-state index in [4.69, 9.17) is 4.98 Å². The molecule has 1 N–H and O–H groups in total. The summed E-state index contributed by atoms with van der Waals surface area (Å²) < 4.78 is 0. The van der Waals surface area contributed by atoms with Crippen LogP contribution < -0.4 is 0 Å². The lowest BCUT2D eigenvalue weighted by atomic mass is 9.96. The summed E-state index contributed by atoms with van der Waals surface area (Å²) in [5, 5.41) is 0. The molecule has 0 saturated carbocycles. The molecule has 0 bridgehead atoms. The summed E-state index contributed by atoms with van der Waals surface area (Å²) in [6.45, 7) is 1.55. The normalized spacial score (nSPS) is 15.2. The van der Waals surface area contributed by atoms with Crippen LogP contribution in [0, 0.1) is 0 Å². The Bertz CT molecular complexity index is 1070. The maximum absolute atomic E-state index is 12.9. The first-order valence-electron chi connectivity index (χ1n) is 9.67. The lowest BCUT2D eigenvalue weighted by molar-refractivity contribution is 0.0716. The fraction of sp³-hybridized carbons (Fsp3) is 0.217. The van der Waals surface area contributed by atoms with Gasteiger partial charge < -0.3 is 9.88 Å². The molecule has 1 fully saturated rings. The molecule has 4 aromatic rings. The number of imidazole rings is 1. The molecule has 3 heterocycles. The number of piperidine rings is 1. The number of nitrogens with zero attached hydrogens (tertiary/aromatic N) is 2. The summed E-state index contributed by atoms with van der Waals surface area (Å²) in [5.74, 6) is 1.59. The second kappa shape index (κ2) is 7.24. The van der Waals surface area contributed by atoms with Crippen LogP contribution in [0.5, 0.6) is 0 Å². The van der Waals surface area contributed by atoms with E-state index in [-0.39, 0.29) is 5.91 Å². The van der Waals surface area contributed by atoms with Crippen LogP contribution in [0.15, 0.2) is 66.7 Å². The van der Waals surface area contributed by atoms with Crippen molar-refractivity contribution in [3.63, 3.8) is 0 Å². The standard InChI is InChI=1S/C23H21N3OS/c27-23(21-11-10-20(28-21)16-6-2-1-3-7-16)26-14-12-17(13-15-26)22-24-18-8-4-5-9-19(18)25-22/h1-11,17H,12-15H2,(H,24,25). The van der Waals surface area contributed by atoms with Crippen molar-refractivity contribution in [1.29, 1.82) is 0 Å². The van der Waals surface area contributed by atoms with Gasteiger partial charge in [0.15, 0.2) is 0 Å². The summed E-state index contributed by atoms with van der Waals surface area (Å²) in [7, 11) is 0. The number of aromatic nitrogens is 2. The second-order valence-electron chi connectivity index (χ2n) is 7.24. The number of H-pyrrole nitrogens is 1. The molecule has 0 aliphatic carbocycles. The number of hydrogen-bond donors (Lipinski definition) is 1. The number of nitrogens with one attached hydrogen (secondary N) is 1. The number of benzene rings is 2. The van der Waals surface area contributed by atoms with Gasteiger partial charge in [0.2, 0.25) is 0 Å². The van der Waals surface area contributed by atoms with Gasteiger partial charge in [0.1, 0.15) is 5.82 Å². The minimum atomic E-state index is 0.148. The fourth-order valence-corrected chi connectivity index (χ4v) is 4.87. The quantitative estimate of drug-likeness (QED) is 0.518. The molecule has 1 aliphatic rings. The topological polar surface area (TPSA) is 49.0 Å². The van der Waals surface area contributed by atoms with Crippen molar-refractivity contribution in [3.05, 3.63) is 77.4 Å². The Hall–Kier alpha value is -2.92. The largest absolute Gasteiger partial charge is 0.342 e. The Morgan fingerprint density at radius 1 is 0.964 bits per heavy atom. The number of likely N-dealkylation sites (tertiary alicyclic amines) is 1. The number of carbonyl (C=O) groups is 1. The molecule has 1 saturated heterocycles. The number of hydrogen-bond acceptors (Lipinski definition) is 3. The van der Waals surface area contributed by atoms with Gasteiger partial charge in [-0.05, 0) is 42.7 Å². The maximum Gasteiger partial charge on any atom is 0.263 e. The minimum absolute atomic E-state index is 0.148. The Kier molecular flexibility index (Phi) is 4.45. The molecule has 28 heavy (non-hydrogen) atoms. The monoisotopic (exact) mass is 387 g/mol. The Morgan fingerprint density at radius 3 is 2.50 bits per heavy atom. The third-order valence-corrected chi connectivity index (χ3v) is 6.57. The number of carbonyl (C=O) groups excluding carboxylic acids is 1. The first-order valence-corrected chi connectivity index (χ1v) is 10.5. The molecule has 0 spiro atoms. The molecular formula is C23H21N3OS. The Morgan fingerprint density at radius 2 is 1.71 bits per heavy atom. The van der Waals surface area contributed by atoms with E-state index in [9.17, 15) is 4.79 Å². The molecule has 1 aliphatic heterocycles. The highest BCUT2D eigenvalue weighted by Crippen LogP contribution is 2.31. The van der Waals surface area contributed by atoms with E-state index in [1.54, 1.807) is 11.3 Å². The predicted octanol–water partition coefficient (Wildman–Crippen LogP) is 5.31. The Balaban J connectivity index is 1.26. The van der Waals surface area contributed by atoms with Crippen molar-refractivity contribution in [2.24, 2.45) is 0 Å². The first-order chi connectivity index (χ1) is 13.8. The summed E-state index contributed by atoms with van der Waals surface area (Å²) in [6, 6.07) is 22.4. The van der Waals surface area contributed by atoms with E-state index in [0.717, 1.165) is 58.1 Å². The molecule has 0 unspecified atom stereocenters. The third kappa shape index (κ3) is 3.22. The van der Waals surface area contributed by atoms with Crippen molar-refractivity contribution < 1.29 is 4.79 Å². The summed E-state index contributed by atoms with van der Waals surface area (Å²) in [5.41, 5.74) is 3.27. The SMILES string of the molecule is O=C(c1ccc(-c2ccccc2)s1)N1CCC(c2nc3ccccc3[nH]2)CC1. The smallest absolute Gasteiger partial charge is 0.263 e. The molecule has 2 aromatic heterocycles. The number of rotatable bonds is 3. The van der Waals surface area contributed by atoms with Gasteiger partial charge in [-0.2, -0.15) is 0 Å². The molecule has 2 aromatic carbocycles. The van der Waals surface area contributed by atoms with E-state index in [0.29, 0.717) is 5.92 Å². The van der Waals surface area contributed by atoms with Crippen LogP contribution in [0.1, 0.15) is 34.3 Å². The van der Waals surface area contributed by atoms with Crippen molar-refractivity contribution in [2.75, 3.05) is 13.1 Å². The van der Waals surface area contributed by atoms with Crippen molar-refractivity contribution >= 4 is 28.3 Å². The van der Waals surface area contributed by atoms with Crippen molar-refractivity contribution in [2.45, 2.75) is 18.8 Å². The highest BCUT2D eigenvalue weighted by molar-refractivity contribution is 7.17. The van der Waals surface area contributed by atoms with Crippen molar-refractivity contribution in [1.82, 2.24) is 14.9 Å². The molecule has 4 nitrogen and oxygen atoms in total. The highest BCUT2D eigenvalue weighted by atomic mass is 32.1. The van der Waals surface area contributed by atoms with Crippen LogP contribution in [0.2, 0.25) is 0 Å². The zero-order valence-corrected chi connectivity index (χ0v) is 16.3. The molecule has 140 valence electrons. The highest BCUT2D eigenvalue weighted by Gasteiger charge is 2.27. The van der Waals surface area contributed by atoms with Crippen LogP contribution >= 0.6 is 11.3 Å². The Labute approximate surface area is 167 Å². The average molecular weight is 388 g/mol. The van der Waals surface area contributed by atoms with E-state index < -0.39 is 0 Å². The number of thiophene rings is 1. The molecule has 1 amide bonds. The number of amides is 1. The van der Waals surface area contributed by atoms with Crippen LogP contribution in [-0.4, -0.2) is 33.9 Å². The molecular weight excluding hydrogens is 366 g/mol. The van der Waals surface area contributed by atoms with E-state index in [1.807, 2.05) is 53.4 Å². The third-order valence-electron chi connectivity index (χ3n) is 5.45. The predicted molar refractivity (Wildman–Crippen MR) is 114 cm³/mol. The maximum atomic E-state index is 12.9. The van der Waals surface area contributed by atoms with Crippen LogP contribution in [0.4, 0.5) is 0 Å². The van der Waals surface area contributed by atoms with Gasteiger partial charge in [0.05, 0.1) is 15.9 Å². The second-order valence-corrected chi connectivity index (χ2v) is 8.32. The lowest BCUT2D eigenvalue weighted by Crippen LogP contribution is -2.37. The van der Waals surface area contributed by atoms with Gasteiger partial charge in [0.25, 0.3) is 5.91 Å². The molecule has 0 atom stereocenters. The molecule has 5 heteroatoms. The number of aromatic amines is 1. The van der Waals surface area contributed by atoms with E-state index in [1.165, 1.54) is 0 Å².